The minimum absolute atomic E-state index is 0.463. The summed E-state index contributed by atoms with van der Waals surface area (Å²) in [5, 5.41) is 0. The molecular weight excluding hydrogens is 290 g/mol. The second-order valence-electron chi connectivity index (χ2n) is 4.48. The Bertz CT molecular complexity index is 476. The van der Waals surface area contributed by atoms with E-state index in [0.29, 0.717) is 23.2 Å². The summed E-state index contributed by atoms with van der Waals surface area (Å²) in [6.07, 6.45) is 4.95. The first-order valence-corrected chi connectivity index (χ1v) is 9.08. The van der Waals surface area contributed by atoms with Gasteiger partial charge >= 0.3 is 0 Å². The van der Waals surface area contributed by atoms with Crippen LogP contribution in [0.1, 0.15) is 30.6 Å². The first kappa shape index (κ1) is 14.3. The van der Waals surface area contributed by atoms with Crippen molar-refractivity contribution in [2.45, 2.75) is 36.3 Å². The van der Waals surface area contributed by atoms with Crippen LogP contribution >= 0.6 is 22.9 Å². The van der Waals surface area contributed by atoms with Gasteiger partial charge in [0.25, 0.3) is 10.0 Å². The number of sulfonamides is 1. The van der Waals surface area contributed by atoms with Crippen LogP contribution in [-0.2, 0) is 16.4 Å². The Morgan fingerprint density at radius 3 is 2.44 bits per heavy atom. The predicted molar refractivity (Wildman–Crippen MR) is 76.0 cm³/mol. The molecule has 102 valence electrons. The molecule has 18 heavy (non-hydrogen) atoms. The molecule has 2 rings (SSSR count). The van der Waals surface area contributed by atoms with Crippen molar-refractivity contribution in [3.8, 4) is 0 Å². The van der Waals surface area contributed by atoms with Crippen LogP contribution < -0.4 is 0 Å². The van der Waals surface area contributed by atoms with E-state index in [2.05, 4.69) is 0 Å². The fourth-order valence-corrected chi connectivity index (χ4v) is 5.48. The topological polar surface area (TPSA) is 37.4 Å². The second-order valence-corrected chi connectivity index (χ2v) is 8.19. The fourth-order valence-electron chi connectivity index (χ4n) is 2.13. The highest BCUT2D eigenvalue weighted by Gasteiger charge is 2.26. The lowest BCUT2D eigenvalue weighted by Gasteiger charge is -2.18. The maximum atomic E-state index is 12.5. The largest absolute Gasteiger partial charge is 0.252 e. The lowest BCUT2D eigenvalue weighted by Crippen LogP contribution is -2.31. The number of thiophene rings is 1. The van der Waals surface area contributed by atoms with E-state index >= 15 is 0 Å². The number of hydrogen-bond acceptors (Lipinski definition) is 3. The van der Waals surface area contributed by atoms with Gasteiger partial charge in [-0.15, -0.1) is 22.9 Å². The SMILES string of the molecule is O=S(=O)(c1ccc(CCCl)s1)N1CCCCCC1. The minimum atomic E-state index is -3.27. The molecular formula is C12H18ClNO2S2. The van der Waals surface area contributed by atoms with Gasteiger partial charge in [-0.05, 0) is 31.4 Å². The maximum Gasteiger partial charge on any atom is 0.252 e. The summed E-state index contributed by atoms with van der Waals surface area (Å²) in [5.41, 5.74) is 0. The summed E-state index contributed by atoms with van der Waals surface area (Å²) >= 11 is 7.03. The van der Waals surface area contributed by atoms with E-state index in [-0.39, 0.29) is 0 Å². The third-order valence-corrected chi connectivity index (χ3v) is 6.84. The molecule has 0 amide bonds. The molecule has 1 fully saturated rings. The van der Waals surface area contributed by atoms with Gasteiger partial charge in [0.05, 0.1) is 0 Å². The van der Waals surface area contributed by atoms with E-state index in [1.54, 1.807) is 10.4 Å². The van der Waals surface area contributed by atoms with Gasteiger partial charge in [0.1, 0.15) is 4.21 Å². The average Bonchev–Trinajstić information content (AvgIpc) is 2.65. The van der Waals surface area contributed by atoms with Gasteiger partial charge in [0, 0.05) is 23.8 Å². The molecule has 0 aromatic carbocycles. The maximum absolute atomic E-state index is 12.5. The second kappa shape index (κ2) is 6.37. The molecule has 1 aromatic heterocycles. The van der Waals surface area contributed by atoms with Crippen LogP contribution in [0, 0.1) is 0 Å². The Hall–Kier alpha value is -0.100. The van der Waals surface area contributed by atoms with Gasteiger partial charge in [-0.25, -0.2) is 8.42 Å². The Kier molecular flexibility index (Phi) is 5.06. The van der Waals surface area contributed by atoms with E-state index in [1.165, 1.54) is 11.3 Å². The molecule has 6 heteroatoms. The van der Waals surface area contributed by atoms with Crippen molar-refractivity contribution in [2.75, 3.05) is 19.0 Å². The third-order valence-electron chi connectivity index (χ3n) is 3.14. The summed E-state index contributed by atoms with van der Waals surface area (Å²) in [5.74, 6) is 0.531. The zero-order chi connectivity index (χ0) is 13.0. The van der Waals surface area contributed by atoms with Gasteiger partial charge in [-0.3, -0.25) is 0 Å². The number of halogens is 1. The smallest absolute Gasteiger partial charge is 0.206 e. The van der Waals surface area contributed by atoms with Crippen molar-refractivity contribution in [2.24, 2.45) is 0 Å². The van der Waals surface area contributed by atoms with Gasteiger partial charge in [0.2, 0.25) is 0 Å². The van der Waals surface area contributed by atoms with Crippen molar-refractivity contribution in [1.29, 1.82) is 0 Å². The van der Waals surface area contributed by atoms with E-state index in [1.807, 2.05) is 6.07 Å². The van der Waals surface area contributed by atoms with E-state index in [9.17, 15) is 8.42 Å². The highest BCUT2D eigenvalue weighted by atomic mass is 35.5. The molecule has 0 spiro atoms. The predicted octanol–water partition coefficient (Wildman–Crippen LogP) is 3.09. The van der Waals surface area contributed by atoms with Crippen LogP contribution in [0.3, 0.4) is 0 Å². The van der Waals surface area contributed by atoms with E-state index in [0.717, 1.165) is 37.0 Å². The van der Waals surface area contributed by atoms with Crippen molar-refractivity contribution >= 4 is 33.0 Å². The monoisotopic (exact) mass is 307 g/mol. The molecule has 0 bridgehead atoms. The summed E-state index contributed by atoms with van der Waals surface area (Å²) in [4.78, 5) is 1.04. The van der Waals surface area contributed by atoms with Crippen LogP contribution in [0.25, 0.3) is 0 Å². The molecule has 0 radical (unpaired) electrons. The average molecular weight is 308 g/mol. The van der Waals surface area contributed by atoms with Crippen LogP contribution in [0.15, 0.2) is 16.3 Å². The van der Waals surface area contributed by atoms with E-state index in [4.69, 9.17) is 11.6 Å². The van der Waals surface area contributed by atoms with Gasteiger partial charge in [0.15, 0.2) is 0 Å². The first-order chi connectivity index (χ1) is 8.64. The first-order valence-electron chi connectivity index (χ1n) is 6.29. The standard InChI is InChI=1S/C12H18ClNO2S2/c13-8-7-11-5-6-12(17-11)18(15,16)14-9-3-1-2-4-10-14/h5-6H,1-4,7-10H2. The Balaban J connectivity index is 2.17. The van der Waals surface area contributed by atoms with Crippen molar-refractivity contribution in [3.63, 3.8) is 0 Å². The fraction of sp³-hybridized carbons (Fsp3) is 0.667. The molecule has 0 N–H and O–H groups in total. The lowest BCUT2D eigenvalue weighted by atomic mass is 10.2. The molecule has 1 aromatic rings. The number of hydrogen-bond donors (Lipinski definition) is 0. The molecule has 0 atom stereocenters. The minimum Gasteiger partial charge on any atom is -0.206 e. The summed E-state index contributed by atoms with van der Waals surface area (Å²) in [6, 6.07) is 3.59. The third kappa shape index (κ3) is 3.26. The molecule has 2 heterocycles. The number of aryl methyl sites for hydroxylation is 1. The van der Waals surface area contributed by atoms with Crippen molar-refractivity contribution in [3.05, 3.63) is 17.0 Å². The van der Waals surface area contributed by atoms with E-state index < -0.39 is 10.0 Å². The zero-order valence-corrected chi connectivity index (χ0v) is 12.7. The number of nitrogens with zero attached hydrogens (tertiary/aromatic N) is 1. The summed E-state index contributed by atoms with van der Waals surface area (Å²) in [6.45, 7) is 1.32. The Morgan fingerprint density at radius 2 is 1.83 bits per heavy atom. The number of alkyl halides is 1. The molecule has 1 aliphatic rings. The zero-order valence-electron chi connectivity index (χ0n) is 10.3. The van der Waals surface area contributed by atoms with Crippen LogP contribution in [0.4, 0.5) is 0 Å². The van der Waals surface area contributed by atoms with Crippen LogP contribution in [0.2, 0.25) is 0 Å². The van der Waals surface area contributed by atoms with Crippen molar-refractivity contribution in [1.82, 2.24) is 4.31 Å². The normalized spacial score (nSPS) is 18.7. The van der Waals surface area contributed by atoms with Gasteiger partial charge < -0.3 is 0 Å². The Morgan fingerprint density at radius 1 is 1.17 bits per heavy atom. The molecule has 3 nitrogen and oxygen atoms in total. The quantitative estimate of drug-likeness (QED) is 0.802. The summed E-state index contributed by atoms with van der Waals surface area (Å²) in [7, 11) is -3.27. The molecule has 1 saturated heterocycles. The molecule has 0 saturated carbocycles. The van der Waals surface area contributed by atoms with Crippen LogP contribution in [0.5, 0.6) is 0 Å². The van der Waals surface area contributed by atoms with Gasteiger partial charge in [-0.1, -0.05) is 12.8 Å². The van der Waals surface area contributed by atoms with Gasteiger partial charge in [-0.2, -0.15) is 4.31 Å². The molecule has 0 aliphatic carbocycles. The van der Waals surface area contributed by atoms with Crippen LogP contribution in [-0.4, -0.2) is 31.7 Å². The number of rotatable bonds is 4. The summed E-state index contributed by atoms with van der Waals surface area (Å²) < 4.78 is 27.0. The highest BCUT2D eigenvalue weighted by Crippen LogP contribution is 2.27. The lowest BCUT2D eigenvalue weighted by molar-refractivity contribution is 0.425. The molecule has 0 unspecified atom stereocenters. The molecule has 1 aliphatic heterocycles. The Labute approximate surface area is 118 Å². The van der Waals surface area contributed by atoms with Crippen molar-refractivity contribution < 1.29 is 8.42 Å². The highest BCUT2D eigenvalue weighted by molar-refractivity contribution is 7.91.